The minimum atomic E-state index is -3.48. The summed E-state index contributed by atoms with van der Waals surface area (Å²) in [6, 6.07) is 6.46. The molecule has 1 fully saturated rings. The monoisotopic (exact) mass is 341 g/mol. The van der Waals surface area contributed by atoms with E-state index in [9.17, 15) is 8.42 Å². The van der Waals surface area contributed by atoms with Crippen LogP contribution in [0.15, 0.2) is 38.8 Å². The highest BCUT2D eigenvalue weighted by molar-refractivity contribution is 7.98. The van der Waals surface area contributed by atoms with Crippen molar-refractivity contribution in [1.29, 1.82) is 0 Å². The van der Waals surface area contributed by atoms with Crippen LogP contribution >= 0.6 is 11.8 Å². The number of hydrogen-bond acceptors (Lipinski definition) is 7. The first-order valence-corrected chi connectivity index (χ1v) is 9.33. The summed E-state index contributed by atoms with van der Waals surface area (Å²) < 4.78 is 37.0. The molecule has 0 aliphatic carbocycles. The molecule has 0 saturated carbocycles. The molecule has 3 rings (SSSR count). The number of aromatic nitrogens is 2. The van der Waals surface area contributed by atoms with Crippen LogP contribution in [0.25, 0.3) is 11.5 Å². The van der Waals surface area contributed by atoms with Gasteiger partial charge < -0.3 is 9.15 Å². The van der Waals surface area contributed by atoms with E-state index in [1.165, 1.54) is 16.1 Å². The molecule has 0 bridgehead atoms. The number of hydrogen-bond donors (Lipinski definition) is 0. The Balaban J connectivity index is 1.84. The number of ether oxygens (including phenoxy) is 1. The van der Waals surface area contributed by atoms with Crippen LogP contribution in [-0.4, -0.2) is 55.5 Å². The zero-order valence-corrected chi connectivity index (χ0v) is 13.6. The molecule has 118 valence electrons. The van der Waals surface area contributed by atoms with Crippen LogP contribution < -0.4 is 0 Å². The van der Waals surface area contributed by atoms with Crippen LogP contribution in [0.2, 0.25) is 0 Å². The molecular weight excluding hydrogens is 326 g/mol. The summed E-state index contributed by atoms with van der Waals surface area (Å²) >= 11 is 1.36. The molecule has 1 aliphatic rings. The normalized spacial score (nSPS) is 16.8. The summed E-state index contributed by atoms with van der Waals surface area (Å²) in [5.74, 6) is 0.375. The van der Waals surface area contributed by atoms with Gasteiger partial charge in [0, 0.05) is 18.7 Å². The van der Waals surface area contributed by atoms with Crippen molar-refractivity contribution in [3.63, 3.8) is 0 Å². The van der Waals surface area contributed by atoms with Crippen molar-refractivity contribution in [2.24, 2.45) is 0 Å². The first kappa shape index (κ1) is 15.5. The molecule has 9 heteroatoms. The van der Waals surface area contributed by atoms with Gasteiger partial charge in [0.1, 0.15) is 0 Å². The SMILES string of the molecule is CSc1nnc(-c2ccc(S(=O)(=O)N3CCOCC3)cc2)o1. The maximum absolute atomic E-state index is 12.5. The Morgan fingerprint density at radius 2 is 1.82 bits per heavy atom. The largest absolute Gasteiger partial charge is 0.411 e. The maximum atomic E-state index is 12.5. The Morgan fingerprint density at radius 1 is 1.14 bits per heavy atom. The van der Waals surface area contributed by atoms with Gasteiger partial charge in [0.05, 0.1) is 18.1 Å². The van der Waals surface area contributed by atoms with Crippen molar-refractivity contribution >= 4 is 21.8 Å². The van der Waals surface area contributed by atoms with E-state index < -0.39 is 10.0 Å². The Labute approximate surface area is 132 Å². The molecule has 1 aliphatic heterocycles. The van der Waals surface area contributed by atoms with Gasteiger partial charge in [0.15, 0.2) is 0 Å². The summed E-state index contributed by atoms with van der Waals surface area (Å²) in [7, 11) is -3.48. The summed E-state index contributed by atoms with van der Waals surface area (Å²) in [6.07, 6.45) is 1.84. The number of benzene rings is 1. The fraction of sp³-hybridized carbons (Fsp3) is 0.385. The second-order valence-corrected chi connectivity index (χ2v) is 7.31. The average molecular weight is 341 g/mol. The Hall–Kier alpha value is -1.42. The fourth-order valence-corrected chi connectivity index (χ4v) is 3.81. The van der Waals surface area contributed by atoms with Crippen molar-refractivity contribution < 1.29 is 17.6 Å². The summed E-state index contributed by atoms with van der Waals surface area (Å²) in [4.78, 5) is 0.253. The van der Waals surface area contributed by atoms with E-state index in [4.69, 9.17) is 9.15 Å². The highest BCUT2D eigenvalue weighted by Gasteiger charge is 2.26. The third-order valence-electron chi connectivity index (χ3n) is 3.29. The van der Waals surface area contributed by atoms with E-state index in [-0.39, 0.29) is 4.90 Å². The van der Waals surface area contributed by atoms with Crippen molar-refractivity contribution in [3.05, 3.63) is 24.3 Å². The quantitative estimate of drug-likeness (QED) is 0.779. The van der Waals surface area contributed by atoms with Crippen LogP contribution in [0.4, 0.5) is 0 Å². The first-order chi connectivity index (χ1) is 10.6. The Bertz CT molecular complexity index is 737. The zero-order valence-electron chi connectivity index (χ0n) is 11.9. The molecule has 2 aromatic rings. The van der Waals surface area contributed by atoms with Crippen molar-refractivity contribution in [1.82, 2.24) is 14.5 Å². The third-order valence-corrected chi connectivity index (χ3v) is 5.72. The standard InChI is InChI=1S/C13H15N3O4S2/c1-21-13-15-14-12(20-13)10-2-4-11(5-3-10)22(17,18)16-6-8-19-9-7-16/h2-5H,6-9H2,1H3. The first-order valence-electron chi connectivity index (χ1n) is 6.67. The molecule has 1 aromatic heterocycles. The number of sulfonamides is 1. The van der Waals surface area contributed by atoms with E-state index in [0.717, 1.165) is 0 Å². The smallest absolute Gasteiger partial charge is 0.276 e. The van der Waals surface area contributed by atoms with E-state index in [0.29, 0.717) is 43.0 Å². The Kier molecular flexibility index (Phi) is 4.48. The zero-order chi connectivity index (χ0) is 15.6. The lowest BCUT2D eigenvalue weighted by Gasteiger charge is -2.26. The summed E-state index contributed by atoms with van der Waals surface area (Å²) in [5.41, 5.74) is 0.689. The second kappa shape index (κ2) is 6.37. The predicted molar refractivity (Wildman–Crippen MR) is 81.1 cm³/mol. The highest BCUT2D eigenvalue weighted by Crippen LogP contribution is 2.24. The summed E-state index contributed by atoms with van der Waals surface area (Å²) in [5, 5.41) is 8.26. The molecule has 1 saturated heterocycles. The summed E-state index contributed by atoms with van der Waals surface area (Å²) in [6.45, 7) is 1.61. The molecular formula is C13H15N3O4S2. The van der Waals surface area contributed by atoms with Crippen molar-refractivity contribution in [2.75, 3.05) is 32.6 Å². The van der Waals surface area contributed by atoms with Gasteiger partial charge in [-0.25, -0.2) is 8.42 Å². The molecule has 7 nitrogen and oxygen atoms in total. The lowest BCUT2D eigenvalue weighted by Crippen LogP contribution is -2.40. The molecule has 0 radical (unpaired) electrons. The van der Waals surface area contributed by atoms with Crippen LogP contribution in [0, 0.1) is 0 Å². The van der Waals surface area contributed by atoms with Gasteiger partial charge in [0.25, 0.3) is 5.22 Å². The van der Waals surface area contributed by atoms with Gasteiger partial charge >= 0.3 is 0 Å². The van der Waals surface area contributed by atoms with Crippen LogP contribution in [0.1, 0.15) is 0 Å². The molecule has 2 heterocycles. The van der Waals surface area contributed by atoms with E-state index >= 15 is 0 Å². The van der Waals surface area contributed by atoms with Crippen LogP contribution in [-0.2, 0) is 14.8 Å². The third kappa shape index (κ3) is 3.02. The second-order valence-electron chi connectivity index (χ2n) is 4.62. The van der Waals surface area contributed by atoms with Gasteiger partial charge in [-0.05, 0) is 30.5 Å². The minimum Gasteiger partial charge on any atom is -0.411 e. The number of rotatable bonds is 4. The topological polar surface area (TPSA) is 85.5 Å². The lowest BCUT2D eigenvalue weighted by atomic mass is 10.2. The Morgan fingerprint density at radius 3 is 2.41 bits per heavy atom. The van der Waals surface area contributed by atoms with Crippen molar-refractivity contribution in [2.45, 2.75) is 10.1 Å². The van der Waals surface area contributed by atoms with Crippen LogP contribution in [0.5, 0.6) is 0 Å². The molecule has 0 amide bonds. The van der Waals surface area contributed by atoms with E-state index in [1.807, 2.05) is 6.26 Å². The van der Waals surface area contributed by atoms with Crippen LogP contribution in [0.3, 0.4) is 0 Å². The average Bonchev–Trinajstić information content (AvgIpc) is 3.05. The van der Waals surface area contributed by atoms with Gasteiger partial charge in [-0.2, -0.15) is 4.31 Å². The highest BCUT2D eigenvalue weighted by atomic mass is 32.2. The predicted octanol–water partition coefficient (Wildman–Crippen LogP) is 1.48. The van der Waals surface area contributed by atoms with E-state index in [2.05, 4.69) is 10.2 Å². The number of thioether (sulfide) groups is 1. The molecule has 0 spiro atoms. The maximum Gasteiger partial charge on any atom is 0.276 e. The van der Waals surface area contributed by atoms with Crippen molar-refractivity contribution in [3.8, 4) is 11.5 Å². The molecule has 22 heavy (non-hydrogen) atoms. The van der Waals surface area contributed by atoms with Gasteiger partial charge in [-0.3, -0.25) is 0 Å². The van der Waals surface area contributed by atoms with Gasteiger partial charge in [-0.15, -0.1) is 10.2 Å². The molecule has 0 N–H and O–H groups in total. The number of morpholine rings is 1. The van der Waals surface area contributed by atoms with Gasteiger partial charge in [0.2, 0.25) is 15.9 Å². The molecule has 0 unspecified atom stereocenters. The minimum absolute atomic E-state index is 0.253. The lowest BCUT2D eigenvalue weighted by molar-refractivity contribution is 0.0730. The fourth-order valence-electron chi connectivity index (χ4n) is 2.11. The molecule has 0 atom stereocenters. The van der Waals surface area contributed by atoms with Gasteiger partial charge in [-0.1, -0.05) is 11.8 Å². The number of nitrogens with zero attached hydrogens (tertiary/aromatic N) is 3. The molecule has 1 aromatic carbocycles. The van der Waals surface area contributed by atoms with E-state index in [1.54, 1.807) is 24.3 Å².